The summed E-state index contributed by atoms with van der Waals surface area (Å²) in [5, 5.41) is 16.0. The van der Waals surface area contributed by atoms with Gasteiger partial charge in [0, 0.05) is 10.7 Å². The summed E-state index contributed by atoms with van der Waals surface area (Å²) in [6.07, 6.45) is 0.302. The Kier molecular flexibility index (Phi) is 7.13. The van der Waals surface area contributed by atoms with Crippen LogP contribution in [0.4, 0.5) is 5.69 Å². The van der Waals surface area contributed by atoms with E-state index in [0.717, 1.165) is 0 Å². The number of halogens is 1. The molecule has 7 nitrogen and oxygen atoms in total. The van der Waals surface area contributed by atoms with Crippen LogP contribution in [-0.2, 0) is 9.59 Å². The fraction of sp³-hybridized carbons (Fsp3) is 0.167. The van der Waals surface area contributed by atoms with Crippen molar-refractivity contribution in [2.75, 3.05) is 11.9 Å². The topological polar surface area (TPSA) is 100 Å². The van der Waals surface area contributed by atoms with E-state index in [9.17, 15) is 9.59 Å². The van der Waals surface area contributed by atoms with E-state index in [1.165, 1.54) is 13.1 Å². The number of hydrogen-bond donors (Lipinski definition) is 3. The van der Waals surface area contributed by atoms with Crippen molar-refractivity contribution >= 4 is 35.3 Å². The molecule has 2 aromatic carbocycles. The van der Waals surface area contributed by atoms with Gasteiger partial charge in [-0.25, -0.2) is 5.43 Å². The van der Waals surface area contributed by atoms with E-state index in [1.54, 1.807) is 48.5 Å². The lowest BCUT2D eigenvalue weighted by Gasteiger charge is -2.08. The maximum atomic E-state index is 11.9. The summed E-state index contributed by atoms with van der Waals surface area (Å²) in [6.45, 7) is 1.20. The second-order valence-corrected chi connectivity index (χ2v) is 5.76. The van der Waals surface area contributed by atoms with Crippen LogP contribution >= 0.6 is 11.6 Å². The fourth-order valence-corrected chi connectivity index (χ4v) is 2.02. The van der Waals surface area contributed by atoms with Crippen LogP contribution in [-0.4, -0.2) is 35.8 Å². The highest BCUT2D eigenvalue weighted by molar-refractivity contribution is 6.30. The largest absolute Gasteiger partial charge is 0.484 e. The second kappa shape index (κ2) is 9.55. The number of rotatable bonds is 7. The molecule has 0 unspecified atom stereocenters. The van der Waals surface area contributed by atoms with E-state index >= 15 is 0 Å². The number of carbonyl (C=O) groups is 2. The SMILES string of the molecule is C[C@@H](O)C(=O)N/N=C\c1ccc(OCC(=O)Nc2cccc(Cl)c2)cc1. The Balaban J connectivity index is 1.80. The minimum Gasteiger partial charge on any atom is -0.484 e. The minimum absolute atomic E-state index is 0.148. The maximum Gasteiger partial charge on any atom is 0.268 e. The van der Waals surface area contributed by atoms with Gasteiger partial charge in [-0.05, 0) is 55.0 Å². The van der Waals surface area contributed by atoms with Crippen molar-refractivity contribution in [3.8, 4) is 5.75 Å². The van der Waals surface area contributed by atoms with Crippen LogP contribution in [0.2, 0.25) is 5.02 Å². The van der Waals surface area contributed by atoms with Crippen molar-refractivity contribution in [2.45, 2.75) is 13.0 Å². The number of aliphatic hydroxyl groups is 1. The van der Waals surface area contributed by atoms with Crippen molar-refractivity contribution in [1.29, 1.82) is 0 Å². The quantitative estimate of drug-likeness (QED) is 0.510. The van der Waals surface area contributed by atoms with Gasteiger partial charge in [0.1, 0.15) is 11.9 Å². The predicted octanol–water partition coefficient (Wildman–Crippen LogP) is 2.19. The summed E-state index contributed by atoms with van der Waals surface area (Å²) in [6, 6.07) is 13.6. The highest BCUT2D eigenvalue weighted by Crippen LogP contribution is 2.15. The van der Waals surface area contributed by atoms with Gasteiger partial charge >= 0.3 is 0 Å². The zero-order valence-corrected chi connectivity index (χ0v) is 14.7. The first-order chi connectivity index (χ1) is 12.4. The molecule has 1 atom stereocenters. The van der Waals surface area contributed by atoms with Crippen molar-refractivity contribution in [3.63, 3.8) is 0 Å². The molecule has 0 bridgehead atoms. The number of amides is 2. The van der Waals surface area contributed by atoms with E-state index in [-0.39, 0.29) is 12.5 Å². The zero-order valence-electron chi connectivity index (χ0n) is 14.0. The number of aliphatic hydroxyl groups excluding tert-OH is 1. The summed E-state index contributed by atoms with van der Waals surface area (Å²) < 4.78 is 5.41. The Morgan fingerprint density at radius 3 is 2.65 bits per heavy atom. The second-order valence-electron chi connectivity index (χ2n) is 5.33. The van der Waals surface area contributed by atoms with Gasteiger partial charge in [-0.2, -0.15) is 5.10 Å². The van der Waals surface area contributed by atoms with Crippen LogP contribution in [0.1, 0.15) is 12.5 Å². The summed E-state index contributed by atoms with van der Waals surface area (Å²) >= 11 is 5.86. The molecule has 0 fully saturated rings. The Labute approximate surface area is 155 Å². The number of carbonyl (C=O) groups excluding carboxylic acids is 2. The molecule has 0 spiro atoms. The van der Waals surface area contributed by atoms with Crippen molar-refractivity contribution in [1.82, 2.24) is 5.43 Å². The smallest absolute Gasteiger partial charge is 0.268 e. The first-order valence-electron chi connectivity index (χ1n) is 7.73. The Bertz CT molecular complexity index is 791. The Hall–Kier alpha value is -2.90. The molecule has 0 saturated carbocycles. The minimum atomic E-state index is -1.12. The van der Waals surface area contributed by atoms with Gasteiger partial charge < -0.3 is 15.2 Å². The average Bonchev–Trinajstić information content (AvgIpc) is 2.61. The third kappa shape index (κ3) is 6.54. The van der Waals surface area contributed by atoms with Crippen LogP contribution in [0.5, 0.6) is 5.75 Å². The molecular weight excluding hydrogens is 358 g/mol. The van der Waals surface area contributed by atoms with Gasteiger partial charge in [0.25, 0.3) is 11.8 Å². The molecule has 0 aliphatic rings. The molecule has 2 aromatic rings. The van der Waals surface area contributed by atoms with E-state index in [0.29, 0.717) is 22.0 Å². The molecule has 8 heteroatoms. The normalized spacial score (nSPS) is 11.8. The standard InChI is InChI=1S/C18H18ClN3O4/c1-12(23)18(25)22-20-10-13-5-7-16(8-6-13)26-11-17(24)21-15-4-2-3-14(19)9-15/h2-10,12,23H,11H2,1H3,(H,21,24)(H,22,25)/b20-10-/t12-/m1/s1. The molecule has 2 rings (SSSR count). The van der Waals surface area contributed by atoms with Crippen LogP contribution in [0.3, 0.4) is 0 Å². The average molecular weight is 376 g/mol. The molecule has 0 aromatic heterocycles. The lowest BCUT2D eigenvalue weighted by atomic mass is 10.2. The third-order valence-corrected chi connectivity index (χ3v) is 3.36. The molecule has 0 heterocycles. The molecule has 2 amide bonds. The van der Waals surface area contributed by atoms with Gasteiger partial charge in [-0.1, -0.05) is 17.7 Å². The first-order valence-corrected chi connectivity index (χ1v) is 8.11. The van der Waals surface area contributed by atoms with Crippen LogP contribution in [0.15, 0.2) is 53.6 Å². The lowest BCUT2D eigenvalue weighted by molar-refractivity contribution is -0.128. The molecule has 0 aliphatic heterocycles. The van der Waals surface area contributed by atoms with Crippen LogP contribution < -0.4 is 15.5 Å². The van der Waals surface area contributed by atoms with Gasteiger partial charge in [0.05, 0.1) is 6.21 Å². The summed E-state index contributed by atoms with van der Waals surface area (Å²) in [4.78, 5) is 23.0. The predicted molar refractivity (Wildman–Crippen MR) is 99.4 cm³/mol. The monoisotopic (exact) mass is 375 g/mol. The highest BCUT2D eigenvalue weighted by Gasteiger charge is 2.06. The van der Waals surface area contributed by atoms with E-state index in [1.807, 2.05) is 0 Å². The van der Waals surface area contributed by atoms with E-state index in [2.05, 4.69) is 15.8 Å². The molecular formula is C18H18ClN3O4. The zero-order chi connectivity index (χ0) is 18.9. The van der Waals surface area contributed by atoms with Gasteiger partial charge in [-0.3, -0.25) is 9.59 Å². The molecule has 136 valence electrons. The molecule has 0 radical (unpaired) electrons. The van der Waals surface area contributed by atoms with Crippen molar-refractivity contribution in [3.05, 3.63) is 59.1 Å². The number of ether oxygens (including phenoxy) is 1. The molecule has 3 N–H and O–H groups in total. The number of hydrogen-bond acceptors (Lipinski definition) is 5. The first kappa shape index (κ1) is 19.4. The van der Waals surface area contributed by atoms with E-state index < -0.39 is 12.0 Å². The number of anilines is 1. The van der Waals surface area contributed by atoms with Gasteiger partial charge in [0.15, 0.2) is 6.61 Å². The Morgan fingerprint density at radius 2 is 2.00 bits per heavy atom. The van der Waals surface area contributed by atoms with Gasteiger partial charge in [-0.15, -0.1) is 0 Å². The third-order valence-electron chi connectivity index (χ3n) is 3.13. The van der Waals surface area contributed by atoms with Crippen LogP contribution in [0, 0.1) is 0 Å². The molecule has 0 saturated heterocycles. The molecule has 26 heavy (non-hydrogen) atoms. The van der Waals surface area contributed by atoms with E-state index in [4.69, 9.17) is 21.4 Å². The summed E-state index contributed by atoms with van der Waals surface area (Å²) in [7, 11) is 0. The number of benzene rings is 2. The lowest BCUT2D eigenvalue weighted by Crippen LogP contribution is -2.28. The van der Waals surface area contributed by atoms with Crippen LogP contribution in [0.25, 0.3) is 0 Å². The van der Waals surface area contributed by atoms with Gasteiger partial charge in [0.2, 0.25) is 0 Å². The number of nitrogens with zero attached hydrogens (tertiary/aromatic N) is 1. The summed E-state index contributed by atoms with van der Waals surface area (Å²) in [5.41, 5.74) is 3.51. The summed E-state index contributed by atoms with van der Waals surface area (Å²) in [5.74, 6) is -0.387. The van der Waals surface area contributed by atoms with Crippen molar-refractivity contribution in [2.24, 2.45) is 5.10 Å². The maximum absolute atomic E-state index is 11.9. The molecule has 0 aliphatic carbocycles. The van der Waals surface area contributed by atoms with Crippen molar-refractivity contribution < 1.29 is 19.4 Å². The highest BCUT2D eigenvalue weighted by atomic mass is 35.5. The number of hydrazone groups is 1. The Morgan fingerprint density at radius 1 is 1.27 bits per heavy atom. The number of nitrogens with one attached hydrogen (secondary N) is 2. The fourth-order valence-electron chi connectivity index (χ4n) is 1.83.